The minimum atomic E-state index is -0.0695. The molecule has 21 heavy (non-hydrogen) atoms. The Balaban J connectivity index is 2.01. The summed E-state index contributed by atoms with van der Waals surface area (Å²) in [5.74, 6) is 0.0484. The van der Waals surface area contributed by atoms with E-state index in [4.69, 9.17) is 11.6 Å². The molecule has 1 heterocycles. The van der Waals surface area contributed by atoms with Crippen molar-refractivity contribution in [2.24, 2.45) is 5.92 Å². The third-order valence-corrected chi connectivity index (χ3v) is 4.14. The third kappa shape index (κ3) is 2.74. The lowest BCUT2D eigenvalue weighted by Crippen LogP contribution is -2.35. The van der Waals surface area contributed by atoms with E-state index in [0.29, 0.717) is 18.1 Å². The van der Waals surface area contributed by atoms with Gasteiger partial charge in [0, 0.05) is 11.6 Å². The Bertz CT molecular complexity index is 671. The average molecular weight is 301 g/mol. The Morgan fingerprint density at radius 3 is 2.71 bits per heavy atom. The lowest BCUT2D eigenvalue weighted by atomic mass is 10.1. The molecule has 1 aliphatic rings. The first-order valence-electron chi connectivity index (χ1n) is 7.04. The minimum absolute atomic E-state index is 0.0695. The molecule has 4 heteroatoms. The zero-order valence-corrected chi connectivity index (χ0v) is 12.6. The van der Waals surface area contributed by atoms with E-state index in [1.165, 1.54) is 0 Å². The number of halogens is 1. The number of hydrogen-bond donors (Lipinski definition) is 1. The second-order valence-electron chi connectivity index (χ2n) is 5.31. The number of para-hydroxylation sites is 2. The first-order valence-corrected chi connectivity index (χ1v) is 7.42. The molecule has 1 atom stereocenters. The smallest absolute Gasteiger partial charge is 0.231 e. The predicted molar refractivity (Wildman–Crippen MR) is 86.7 cm³/mol. The summed E-state index contributed by atoms with van der Waals surface area (Å²) in [5, 5.41) is 4.03. The monoisotopic (exact) mass is 300 g/mol. The van der Waals surface area contributed by atoms with E-state index in [9.17, 15) is 4.79 Å². The van der Waals surface area contributed by atoms with Crippen molar-refractivity contribution in [3.63, 3.8) is 0 Å². The highest BCUT2D eigenvalue weighted by Gasteiger charge is 2.27. The van der Waals surface area contributed by atoms with Crippen molar-refractivity contribution in [3.05, 3.63) is 59.1 Å². The van der Waals surface area contributed by atoms with Crippen LogP contribution in [0.15, 0.2) is 48.5 Å². The average Bonchev–Trinajstić information content (AvgIpc) is 2.62. The predicted octanol–water partition coefficient (Wildman–Crippen LogP) is 3.93. The number of rotatable bonds is 2. The lowest BCUT2D eigenvalue weighted by molar-refractivity contribution is -0.121. The number of hydrogen-bond acceptors (Lipinski definition) is 2. The van der Waals surface area contributed by atoms with Crippen LogP contribution in [0.3, 0.4) is 0 Å². The van der Waals surface area contributed by atoms with Gasteiger partial charge >= 0.3 is 0 Å². The maximum atomic E-state index is 12.7. The van der Waals surface area contributed by atoms with Crippen LogP contribution >= 0.6 is 11.6 Å². The van der Waals surface area contributed by atoms with E-state index < -0.39 is 0 Å². The summed E-state index contributed by atoms with van der Waals surface area (Å²) < 4.78 is 0. The zero-order chi connectivity index (χ0) is 14.8. The fourth-order valence-electron chi connectivity index (χ4n) is 2.55. The molecule has 108 valence electrons. The molecular formula is C17H17ClN2O. The van der Waals surface area contributed by atoms with Crippen molar-refractivity contribution in [1.82, 2.24) is 0 Å². The van der Waals surface area contributed by atoms with E-state index in [-0.39, 0.29) is 11.8 Å². The lowest BCUT2D eigenvalue weighted by Gasteiger charge is -2.24. The maximum Gasteiger partial charge on any atom is 0.231 e. The molecule has 1 aliphatic heterocycles. The van der Waals surface area contributed by atoms with Gasteiger partial charge in [0.25, 0.3) is 0 Å². The topological polar surface area (TPSA) is 32.3 Å². The molecule has 2 aromatic carbocycles. The number of carbonyl (C=O) groups excluding carboxylic acids is 1. The van der Waals surface area contributed by atoms with Gasteiger partial charge in [0.1, 0.15) is 0 Å². The molecule has 0 aliphatic carbocycles. The quantitative estimate of drug-likeness (QED) is 0.911. The van der Waals surface area contributed by atoms with Gasteiger partial charge in [-0.05, 0) is 23.8 Å². The van der Waals surface area contributed by atoms with Gasteiger partial charge in [0.05, 0.1) is 23.8 Å². The van der Waals surface area contributed by atoms with E-state index >= 15 is 0 Å². The first kappa shape index (κ1) is 14.0. The SMILES string of the molecule is C[C@@H]1CNc2ccccc2N(Cc2ccccc2Cl)C1=O. The van der Waals surface area contributed by atoms with Gasteiger partial charge in [0.15, 0.2) is 0 Å². The summed E-state index contributed by atoms with van der Waals surface area (Å²) in [6, 6.07) is 15.5. The van der Waals surface area contributed by atoms with Crippen LogP contribution in [0, 0.1) is 5.92 Å². The molecule has 2 aromatic rings. The van der Waals surface area contributed by atoms with Crippen LogP contribution in [-0.4, -0.2) is 12.5 Å². The fourth-order valence-corrected chi connectivity index (χ4v) is 2.75. The second-order valence-corrected chi connectivity index (χ2v) is 5.72. The van der Waals surface area contributed by atoms with Gasteiger partial charge < -0.3 is 10.2 Å². The highest BCUT2D eigenvalue weighted by atomic mass is 35.5. The van der Waals surface area contributed by atoms with Crippen LogP contribution in [0.4, 0.5) is 11.4 Å². The number of fused-ring (bicyclic) bond motifs is 1. The Hall–Kier alpha value is -2.00. The van der Waals surface area contributed by atoms with Crippen LogP contribution in [0.25, 0.3) is 0 Å². The Kier molecular flexibility index (Phi) is 3.84. The highest BCUT2D eigenvalue weighted by molar-refractivity contribution is 6.31. The molecule has 3 rings (SSSR count). The van der Waals surface area contributed by atoms with Gasteiger partial charge in [-0.1, -0.05) is 48.9 Å². The van der Waals surface area contributed by atoms with E-state index in [0.717, 1.165) is 16.9 Å². The van der Waals surface area contributed by atoms with Gasteiger partial charge in [0.2, 0.25) is 5.91 Å². The molecule has 0 radical (unpaired) electrons. The van der Waals surface area contributed by atoms with E-state index in [1.54, 1.807) is 0 Å². The summed E-state index contributed by atoms with van der Waals surface area (Å²) in [6.07, 6.45) is 0. The number of carbonyl (C=O) groups is 1. The standard InChI is InChI=1S/C17H17ClN2O/c1-12-10-19-15-8-4-5-9-16(15)20(17(12)21)11-13-6-2-3-7-14(13)18/h2-9,12,19H,10-11H2,1H3/t12-/m1/s1. The third-order valence-electron chi connectivity index (χ3n) is 3.77. The van der Waals surface area contributed by atoms with Crippen LogP contribution in [-0.2, 0) is 11.3 Å². The molecule has 1 amide bonds. The van der Waals surface area contributed by atoms with Crippen LogP contribution < -0.4 is 10.2 Å². The Morgan fingerprint density at radius 2 is 1.90 bits per heavy atom. The molecule has 0 unspecified atom stereocenters. The summed E-state index contributed by atoms with van der Waals surface area (Å²) in [5.41, 5.74) is 2.85. The van der Waals surface area contributed by atoms with Gasteiger partial charge in [-0.15, -0.1) is 0 Å². The molecular weight excluding hydrogens is 284 g/mol. The van der Waals surface area contributed by atoms with Crippen molar-refractivity contribution in [2.45, 2.75) is 13.5 Å². The van der Waals surface area contributed by atoms with E-state index in [1.807, 2.05) is 60.4 Å². The Morgan fingerprint density at radius 1 is 1.19 bits per heavy atom. The summed E-state index contributed by atoms with van der Waals surface area (Å²) in [6.45, 7) is 3.08. The molecule has 3 nitrogen and oxygen atoms in total. The number of nitrogens with zero attached hydrogens (tertiary/aromatic N) is 1. The summed E-state index contributed by atoms with van der Waals surface area (Å²) in [7, 11) is 0. The van der Waals surface area contributed by atoms with Crippen LogP contribution in [0.2, 0.25) is 5.02 Å². The molecule has 0 fully saturated rings. The first-order chi connectivity index (χ1) is 10.2. The van der Waals surface area contributed by atoms with Crippen LogP contribution in [0.1, 0.15) is 12.5 Å². The second kappa shape index (κ2) is 5.78. The van der Waals surface area contributed by atoms with Crippen molar-refractivity contribution in [2.75, 3.05) is 16.8 Å². The molecule has 0 bridgehead atoms. The molecule has 0 spiro atoms. The maximum absolute atomic E-state index is 12.7. The van der Waals surface area contributed by atoms with Crippen LogP contribution in [0.5, 0.6) is 0 Å². The van der Waals surface area contributed by atoms with Gasteiger partial charge in [-0.25, -0.2) is 0 Å². The molecule has 0 saturated heterocycles. The number of anilines is 2. The van der Waals surface area contributed by atoms with Crippen molar-refractivity contribution in [3.8, 4) is 0 Å². The van der Waals surface area contributed by atoms with Gasteiger partial charge in [-0.3, -0.25) is 4.79 Å². The zero-order valence-electron chi connectivity index (χ0n) is 11.8. The Labute approximate surface area is 129 Å². The van der Waals surface area contributed by atoms with Crippen molar-refractivity contribution >= 4 is 28.9 Å². The molecule has 0 saturated carbocycles. The fraction of sp³-hybridized carbons (Fsp3) is 0.235. The number of amides is 1. The number of nitrogens with one attached hydrogen (secondary N) is 1. The summed E-state index contributed by atoms with van der Waals surface area (Å²) >= 11 is 6.24. The minimum Gasteiger partial charge on any atom is -0.383 e. The molecule has 0 aromatic heterocycles. The van der Waals surface area contributed by atoms with Crippen molar-refractivity contribution in [1.29, 1.82) is 0 Å². The summed E-state index contributed by atoms with van der Waals surface area (Å²) in [4.78, 5) is 14.5. The van der Waals surface area contributed by atoms with E-state index in [2.05, 4.69) is 5.32 Å². The largest absolute Gasteiger partial charge is 0.383 e. The molecule has 1 N–H and O–H groups in total. The van der Waals surface area contributed by atoms with Crippen molar-refractivity contribution < 1.29 is 4.79 Å². The van der Waals surface area contributed by atoms with Gasteiger partial charge in [-0.2, -0.15) is 0 Å². The number of benzene rings is 2. The normalized spacial score (nSPS) is 17.9. The highest BCUT2D eigenvalue weighted by Crippen LogP contribution is 2.32.